The molecule has 0 aliphatic carbocycles. The predicted octanol–water partition coefficient (Wildman–Crippen LogP) is 2.88. The maximum absolute atomic E-state index is 12.2. The van der Waals surface area contributed by atoms with Crippen LogP contribution in [-0.2, 0) is 6.54 Å². The molecule has 0 spiro atoms. The second-order valence-corrected chi connectivity index (χ2v) is 5.55. The smallest absolute Gasteiger partial charge is 0.267 e. The highest BCUT2D eigenvalue weighted by atomic mass is 79.9. The second kappa shape index (κ2) is 5.58. The van der Waals surface area contributed by atoms with Crippen LogP contribution in [0.3, 0.4) is 0 Å². The molecule has 6 heteroatoms. The summed E-state index contributed by atoms with van der Waals surface area (Å²) in [6.07, 6.45) is 0. The van der Waals surface area contributed by atoms with Crippen LogP contribution in [0.5, 0.6) is 0 Å². The molecule has 0 radical (unpaired) electrons. The molecule has 1 amide bonds. The quantitative estimate of drug-likeness (QED) is 0.871. The van der Waals surface area contributed by atoms with E-state index in [9.17, 15) is 4.79 Å². The van der Waals surface area contributed by atoms with Gasteiger partial charge < -0.3 is 4.90 Å². The van der Waals surface area contributed by atoms with Crippen LogP contribution in [0.15, 0.2) is 28.7 Å². The maximum Gasteiger partial charge on any atom is 0.267 e. The zero-order valence-corrected chi connectivity index (χ0v) is 12.5. The molecule has 0 aliphatic rings. The van der Waals surface area contributed by atoms with Crippen molar-refractivity contribution >= 4 is 33.4 Å². The first kappa shape index (κ1) is 13.2. The molecule has 0 saturated heterocycles. The summed E-state index contributed by atoms with van der Waals surface area (Å²) in [5, 5.41) is 3.86. The molecule has 18 heavy (non-hydrogen) atoms. The van der Waals surface area contributed by atoms with Gasteiger partial charge in [-0.15, -0.1) is 5.10 Å². The van der Waals surface area contributed by atoms with Gasteiger partial charge in [-0.05, 0) is 30.1 Å². The number of hydrogen-bond donors (Lipinski definition) is 0. The summed E-state index contributed by atoms with van der Waals surface area (Å²) in [5.74, 6) is -0.0433. The van der Waals surface area contributed by atoms with Gasteiger partial charge in [-0.25, -0.2) is 0 Å². The Morgan fingerprint density at radius 2 is 2.17 bits per heavy atom. The van der Waals surface area contributed by atoms with Gasteiger partial charge in [0.05, 0.1) is 5.69 Å². The van der Waals surface area contributed by atoms with Gasteiger partial charge >= 0.3 is 0 Å². The minimum absolute atomic E-state index is 0.0433. The number of amides is 1. The van der Waals surface area contributed by atoms with E-state index < -0.39 is 0 Å². The van der Waals surface area contributed by atoms with Gasteiger partial charge in [0.25, 0.3) is 5.91 Å². The third kappa shape index (κ3) is 2.76. The van der Waals surface area contributed by atoms with E-state index in [0.717, 1.165) is 21.6 Å². The lowest BCUT2D eigenvalue weighted by Gasteiger charge is -2.17. The van der Waals surface area contributed by atoms with Crippen LogP contribution in [0.4, 0.5) is 0 Å². The van der Waals surface area contributed by atoms with Gasteiger partial charge in [-0.1, -0.05) is 38.6 Å². The molecule has 0 aliphatic heterocycles. The van der Waals surface area contributed by atoms with Crippen LogP contribution in [-0.4, -0.2) is 27.4 Å². The normalized spacial score (nSPS) is 10.4. The Morgan fingerprint density at radius 3 is 2.78 bits per heavy atom. The summed E-state index contributed by atoms with van der Waals surface area (Å²) in [4.78, 5) is 14.5. The lowest BCUT2D eigenvalue weighted by atomic mass is 10.2. The van der Waals surface area contributed by atoms with Crippen molar-refractivity contribution in [3.8, 4) is 0 Å². The number of hydrogen-bond acceptors (Lipinski definition) is 4. The lowest BCUT2D eigenvalue weighted by Crippen LogP contribution is -2.26. The lowest BCUT2D eigenvalue weighted by molar-refractivity contribution is 0.0788. The zero-order chi connectivity index (χ0) is 13.1. The number of rotatable bonds is 3. The molecule has 0 bridgehead atoms. The third-order valence-electron chi connectivity index (χ3n) is 2.56. The molecule has 1 aromatic carbocycles. The number of aryl methyl sites for hydroxylation is 1. The average molecular weight is 326 g/mol. The Morgan fingerprint density at radius 1 is 1.44 bits per heavy atom. The molecule has 0 N–H and O–H groups in total. The summed E-state index contributed by atoms with van der Waals surface area (Å²) in [7, 11) is 1.78. The first-order valence-electron chi connectivity index (χ1n) is 5.37. The predicted molar refractivity (Wildman–Crippen MR) is 74.6 cm³/mol. The van der Waals surface area contributed by atoms with Crippen LogP contribution in [0, 0.1) is 6.92 Å². The first-order chi connectivity index (χ1) is 8.59. The molecule has 1 heterocycles. The van der Waals surface area contributed by atoms with Crippen LogP contribution < -0.4 is 0 Å². The minimum Gasteiger partial charge on any atom is -0.337 e. The topological polar surface area (TPSA) is 46.1 Å². The van der Waals surface area contributed by atoms with E-state index in [4.69, 9.17) is 0 Å². The fourth-order valence-corrected chi connectivity index (χ4v) is 2.62. The molecule has 2 aromatic rings. The van der Waals surface area contributed by atoms with Crippen LogP contribution >= 0.6 is 27.5 Å². The van der Waals surface area contributed by atoms with Crippen molar-refractivity contribution < 1.29 is 4.79 Å². The van der Waals surface area contributed by atoms with Crippen molar-refractivity contribution in [3.63, 3.8) is 0 Å². The SMILES string of the molecule is Cc1nnsc1C(=O)N(C)Cc1ccccc1Br. The number of benzene rings is 1. The third-order valence-corrected chi connectivity index (χ3v) is 4.15. The van der Waals surface area contributed by atoms with E-state index in [-0.39, 0.29) is 5.91 Å². The number of aromatic nitrogens is 2. The first-order valence-corrected chi connectivity index (χ1v) is 6.94. The Balaban J connectivity index is 2.14. The van der Waals surface area contributed by atoms with E-state index in [2.05, 4.69) is 25.5 Å². The Kier molecular flexibility index (Phi) is 4.08. The van der Waals surface area contributed by atoms with Gasteiger partial charge in [0, 0.05) is 18.1 Å². The van der Waals surface area contributed by atoms with E-state index in [1.54, 1.807) is 18.9 Å². The van der Waals surface area contributed by atoms with Gasteiger partial charge in [0.15, 0.2) is 0 Å². The molecule has 1 aromatic heterocycles. The van der Waals surface area contributed by atoms with Gasteiger partial charge in [0.2, 0.25) is 0 Å². The Hall–Kier alpha value is -1.27. The largest absolute Gasteiger partial charge is 0.337 e. The molecule has 94 valence electrons. The molecule has 4 nitrogen and oxygen atoms in total. The fourth-order valence-electron chi connectivity index (χ4n) is 1.56. The van der Waals surface area contributed by atoms with E-state index in [0.29, 0.717) is 17.1 Å². The monoisotopic (exact) mass is 325 g/mol. The van der Waals surface area contributed by atoms with Crippen molar-refractivity contribution in [1.82, 2.24) is 14.5 Å². The zero-order valence-electron chi connectivity index (χ0n) is 10.1. The summed E-state index contributed by atoms with van der Waals surface area (Å²) < 4.78 is 4.79. The molecular weight excluding hydrogens is 314 g/mol. The molecule has 0 atom stereocenters. The maximum atomic E-state index is 12.2. The summed E-state index contributed by atoms with van der Waals surface area (Å²) in [6, 6.07) is 7.86. The number of halogens is 1. The number of carbonyl (C=O) groups excluding carboxylic acids is 1. The molecule has 0 fully saturated rings. The van der Waals surface area contributed by atoms with E-state index in [1.807, 2.05) is 24.3 Å². The molecule has 0 unspecified atom stereocenters. The van der Waals surface area contributed by atoms with Crippen LogP contribution in [0.1, 0.15) is 20.9 Å². The van der Waals surface area contributed by atoms with Crippen molar-refractivity contribution in [2.45, 2.75) is 13.5 Å². The second-order valence-electron chi connectivity index (χ2n) is 3.94. The summed E-state index contributed by atoms with van der Waals surface area (Å²) >= 11 is 4.61. The van der Waals surface area contributed by atoms with E-state index in [1.165, 1.54) is 0 Å². The summed E-state index contributed by atoms with van der Waals surface area (Å²) in [5.41, 5.74) is 1.76. The highest BCUT2D eigenvalue weighted by Gasteiger charge is 2.18. The van der Waals surface area contributed by atoms with Crippen molar-refractivity contribution in [1.29, 1.82) is 0 Å². The number of nitrogens with zero attached hydrogens (tertiary/aromatic N) is 3. The standard InChI is InChI=1S/C12H12BrN3OS/c1-8-11(18-15-14-8)12(17)16(2)7-9-5-3-4-6-10(9)13/h3-6H,7H2,1-2H3. The highest BCUT2D eigenvalue weighted by Crippen LogP contribution is 2.19. The van der Waals surface area contributed by atoms with Crippen molar-refractivity contribution in [2.24, 2.45) is 0 Å². The van der Waals surface area contributed by atoms with Crippen molar-refractivity contribution in [2.75, 3.05) is 7.05 Å². The fraction of sp³-hybridized carbons (Fsp3) is 0.250. The van der Waals surface area contributed by atoms with Crippen LogP contribution in [0.2, 0.25) is 0 Å². The Bertz CT molecular complexity index is 570. The minimum atomic E-state index is -0.0433. The van der Waals surface area contributed by atoms with Crippen molar-refractivity contribution in [3.05, 3.63) is 44.9 Å². The molecule has 2 rings (SSSR count). The van der Waals surface area contributed by atoms with E-state index >= 15 is 0 Å². The van der Waals surface area contributed by atoms with Crippen LogP contribution in [0.25, 0.3) is 0 Å². The Labute approximate surface area is 118 Å². The summed E-state index contributed by atoms with van der Waals surface area (Å²) in [6.45, 7) is 2.35. The van der Waals surface area contributed by atoms with Gasteiger partial charge in [-0.3, -0.25) is 4.79 Å². The molecular formula is C12H12BrN3OS. The average Bonchev–Trinajstić information content (AvgIpc) is 2.77. The highest BCUT2D eigenvalue weighted by molar-refractivity contribution is 9.10. The molecule has 0 saturated carbocycles. The number of carbonyl (C=O) groups is 1. The van der Waals surface area contributed by atoms with Gasteiger partial charge in [0.1, 0.15) is 4.88 Å². The van der Waals surface area contributed by atoms with Gasteiger partial charge in [-0.2, -0.15) is 0 Å².